The van der Waals surface area contributed by atoms with Gasteiger partial charge in [0.05, 0.1) is 4.90 Å². The molecule has 0 unspecified atom stereocenters. The van der Waals surface area contributed by atoms with Crippen LogP contribution < -0.4 is 10.9 Å². The summed E-state index contributed by atoms with van der Waals surface area (Å²) in [4.78, 5) is 27.1. The van der Waals surface area contributed by atoms with Crippen molar-refractivity contribution in [3.63, 3.8) is 0 Å². The number of hydrogen-bond acceptors (Lipinski definition) is 5. The first-order chi connectivity index (χ1) is 15.3. The fourth-order valence-electron chi connectivity index (χ4n) is 3.58. The van der Waals surface area contributed by atoms with Crippen LogP contribution >= 0.6 is 0 Å². The Morgan fingerprint density at radius 2 is 1.31 bits per heavy atom. The van der Waals surface area contributed by atoms with Crippen molar-refractivity contribution in [1.29, 1.82) is 0 Å². The van der Waals surface area contributed by atoms with Crippen molar-refractivity contribution in [2.75, 3.05) is 26.2 Å². The van der Waals surface area contributed by atoms with Gasteiger partial charge in [-0.3, -0.25) is 25.3 Å². The number of carbonyl (C=O) groups is 2. The minimum Gasteiger partial charge on any atom is -0.300 e. The second-order valence-corrected chi connectivity index (χ2v) is 9.64. The lowest BCUT2D eigenvalue weighted by molar-refractivity contribution is 0.0846. The quantitative estimate of drug-likeness (QED) is 0.592. The lowest BCUT2D eigenvalue weighted by atomic mass is 10.1. The predicted octanol–water partition coefficient (Wildman–Crippen LogP) is 2.39. The summed E-state index contributed by atoms with van der Waals surface area (Å²) in [5, 5.41) is 0. The summed E-state index contributed by atoms with van der Waals surface area (Å²) in [6.45, 7) is 7.98. The van der Waals surface area contributed by atoms with Gasteiger partial charge in [0, 0.05) is 30.8 Å². The third kappa shape index (κ3) is 5.73. The van der Waals surface area contributed by atoms with E-state index in [9.17, 15) is 18.0 Å². The Morgan fingerprint density at radius 3 is 1.78 bits per heavy atom. The number of benzene rings is 2. The molecule has 32 heavy (non-hydrogen) atoms. The minimum atomic E-state index is -3.53. The summed E-state index contributed by atoms with van der Waals surface area (Å²) in [7, 11) is -3.53. The molecule has 0 atom stereocenters. The van der Waals surface area contributed by atoms with Gasteiger partial charge in [0.25, 0.3) is 11.8 Å². The standard InChI is InChI=1S/C23H30N4O4S/c1-3-26(4-2)17-18-7-9-19(10-8-18)22(28)24-25-23(29)20-11-13-21(14-12-20)32(30,31)27-15-5-6-16-27/h7-14H,3-6,15-17H2,1-2H3,(H,24,28)(H,25,29). The molecule has 0 saturated carbocycles. The van der Waals surface area contributed by atoms with Crippen LogP contribution in [0.1, 0.15) is 53.0 Å². The van der Waals surface area contributed by atoms with Crippen LogP contribution in [0.15, 0.2) is 53.4 Å². The van der Waals surface area contributed by atoms with E-state index in [0.29, 0.717) is 18.7 Å². The van der Waals surface area contributed by atoms with Gasteiger partial charge in [0.2, 0.25) is 10.0 Å². The van der Waals surface area contributed by atoms with Gasteiger partial charge in [0.15, 0.2) is 0 Å². The largest absolute Gasteiger partial charge is 0.300 e. The predicted molar refractivity (Wildman–Crippen MR) is 122 cm³/mol. The average molecular weight is 459 g/mol. The van der Waals surface area contributed by atoms with Gasteiger partial charge in [-0.1, -0.05) is 26.0 Å². The number of nitrogens with zero attached hydrogens (tertiary/aromatic N) is 2. The molecule has 0 aromatic heterocycles. The maximum Gasteiger partial charge on any atom is 0.269 e. The summed E-state index contributed by atoms with van der Waals surface area (Å²) in [6, 6.07) is 12.9. The van der Waals surface area contributed by atoms with Crippen LogP contribution in [-0.4, -0.2) is 55.6 Å². The summed E-state index contributed by atoms with van der Waals surface area (Å²) in [5.41, 5.74) is 6.55. The van der Waals surface area contributed by atoms with Crippen molar-refractivity contribution in [3.8, 4) is 0 Å². The minimum absolute atomic E-state index is 0.157. The zero-order chi connectivity index (χ0) is 23.1. The third-order valence-electron chi connectivity index (χ3n) is 5.63. The lowest BCUT2D eigenvalue weighted by Gasteiger charge is -2.18. The van der Waals surface area contributed by atoms with Gasteiger partial charge in [0.1, 0.15) is 0 Å². The summed E-state index contributed by atoms with van der Waals surface area (Å²) in [6.07, 6.45) is 1.72. The zero-order valence-electron chi connectivity index (χ0n) is 18.5. The van der Waals surface area contributed by atoms with Gasteiger partial charge < -0.3 is 0 Å². The van der Waals surface area contributed by atoms with Gasteiger partial charge in [-0.05, 0) is 67.9 Å². The van der Waals surface area contributed by atoms with E-state index in [1.54, 1.807) is 12.1 Å². The van der Waals surface area contributed by atoms with E-state index >= 15 is 0 Å². The van der Waals surface area contributed by atoms with Crippen molar-refractivity contribution < 1.29 is 18.0 Å². The highest BCUT2D eigenvalue weighted by Crippen LogP contribution is 2.21. The van der Waals surface area contributed by atoms with Gasteiger partial charge in [-0.2, -0.15) is 4.31 Å². The highest BCUT2D eigenvalue weighted by molar-refractivity contribution is 7.89. The molecule has 2 amide bonds. The van der Waals surface area contributed by atoms with E-state index in [0.717, 1.165) is 38.0 Å². The Morgan fingerprint density at radius 1 is 0.844 bits per heavy atom. The molecule has 0 aliphatic carbocycles. The van der Waals surface area contributed by atoms with Crippen LogP contribution in [-0.2, 0) is 16.6 Å². The molecule has 2 aromatic rings. The maximum atomic E-state index is 12.6. The van der Waals surface area contributed by atoms with Crippen molar-refractivity contribution in [3.05, 3.63) is 65.2 Å². The summed E-state index contributed by atoms with van der Waals surface area (Å²) >= 11 is 0. The van der Waals surface area contributed by atoms with Crippen LogP contribution in [0.4, 0.5) is 0 Å². The van der Waals surface area contributed by atoms with Gasteiger partial charge >= 0.3 is 0 Å². The number of hydrogen-bond donors (Lipinski definition) is 2. The molecule has 3 rings (SSSR count). The molecule has 0 bridgehead atoms. The van der Waals surface area contributed by atoms with Gasteiger partial charge in [-0.15, -0.1) is 0 Å². The first-order valence-corrected chi connectivity index (χ1v) is 12.3. The molecule has 2 N–H and O–H groups in total. The summed E-state index contributed by atoms with van der Waals surface area (Å²) < 4.78 is 26.6. The molecule has 1 aliphatic heterocycles. The summed E-state index contributed by atoms with van der Waals surface area (Å²) in [5.74, 6) is -0.956. The van der Waals surface area contributed by atoms with Crippen molar-refractivity contribution >= 4 is 21.8 Å². The van der Waals surface area contributed by atoms with Crippen LogP contribution in [0.3, 0.4) is 0 Å². The molecule has 172 valence electrons. The van der Waals surface area contributed by atoms with Crippen molar-refractivity contribution in [2.45, 2.75) is 38.1 Å². The van der Waals surface area contributed by atoms with E-state index < -0.39 is 21.8 Å². The average Bonchev–Trinajstić information content (AvgIpc) is 3.37. The number of carbonyl (C=O) groups excluding carboxylic acids is 2. The topological polar surface area (TPSA) is 98.8 Å². The third-order valence-corrected chi connectivity index (χ3v) is 7.54. The van der Waals surface area contributed by atoms with Crippen LogP contribution in [0.25, 0.3) is 0 Å². The normalized spacial score (nSPS) is 14.5. The Bertz CT molecular complexity index is 1030. The lowest BCUT2D eigenvalue weighted by Crippen LogP contribution is -2.41. The van der Waals surface area contributed by atoms with Crippen LogP contribution in [0, 0.1) is 0 Å². The molecule has 1 saturated heterocycles. The van der Waals surface area contributed by atoms with Crippen molar-refractivity contribution in [1.82, 2.24) is 20.1 Å². The maximum absolute atomic E-state index is 12.6. The van der Waals surface area contributed by atoms with Crippen LogP contribution in [0.5, 0.6) is 0 Å². The Hall–Kier alpha value is -2.75. The smallest absolute Gasteiger partial charge is 0.269 e. The van der Waals surface area contributed by atoms with Crippen molar-refractivity contribution in [2.24, 2.45) is 0 Å². The molecule has 1 fully saturated rings. The molecule has 0 spiro atoms. The molecule has 1 heterocycles. The van der Waals surface area contributed by atoms with E-state index in [2.05, 4.69) is 29.6 Å². The number of amides is 2. The highest BCUT2D eigenvalue weighted by Gasteiger charge is 2.27. The molecular formula is C23H30N4O4S. The molecule has 8 nitrogen and oxygen atoms in total. The van der Waals surface area contributed by atoms with Gasteiger partial charge in [-0.25, -0.2) is 8.42 Å². The van der Waals surface area contributed by atoms with E-state index in [4.69, 9.17) is 0 Å². The first-order valence-electron chi connectivity index (χ1n) is 10.9. The van der Waals surface area contributed by atoms with E-state index in [1.807, 2.05) is 12.1 Å². The second-order valence-electron chi connectivity index (χ2n) is 7.70. The fourth-order valence-corrected chi connectivity index (χ4v) is 5.10. The SMILES string of the molecule is CCN(CC)Cc1ccc(C(=O)NNC(=O)c2ccc(S(=O)(=O)N3CCCC3)cc2)cc1. The number of nitrogens with one attached hydrogen (secondary N) is 2. The van der Waals surface area contributed by atoms with E-state index in [-0.39, 0.29) is 10.5 Å². The zero-order valence-corrected chi connectivity index (χ0v) is 19.3. The first kappa shape index (κ1) is 23.9. The number of rotatable bonds is 8. The monoisotopic (exact) mass is 458 g/mol. The Labute approximate surface area is 189 Å². The highest BCUT2D eigenvalue weighted by atomic mass is 32.2. The molecular weight excluding hydrogens is 428 g/mol. The Balaban J connectivity index is 1.55. The van der Waals surface area contributed by atoms with Crippen LogP contribution in [0.2, 0.25) is 0 Å². The molecule has 2 aromatic carbocycles. The number of hydrazine groups is 1. The second kappa shape index (κ2) is 10.7. The molecule has 9 heteroatoms. The number of sulfonamides is 1. The molecule has 1 aliphatic rings. The van der Waals surface area contributed by atoms with E-state index in [1.165, 1.54) is 28.6 Å². The fraction of sp³-hybridized carbons (Fsp3) is 0.391. The molecule has 0 radical (unpaired) electrons. The Kier molecular flexibility index (Phi) is 8.00.